The third-order valence-electron chi connectivity index (χ3n) is 5.06. The molecule has 1 aliphatic rings. The summed E-state index contributed by atoms with van der Waals surface area (Å²) in [7, 11) is 2.79. The predicted molar refractivity (Wildman–Crippen MR) is 109 cm³/mol. The predicted octanol–water partition coefficient (Wildman–Crippen LogP) is -0.0519. The van der Waals surface area contributed by atoms with Gasteiger partial charge in [0.05, 0.1) is 20.8 Å². The van der Waals surface area contributed by atoms with Crippen LogP contribution in [0.5, 0.6) is 17.2 Å². The molecule has 0 aromatic heterocycles. The molecular weight excluding hydrogens is 424 g/mol. The van der Waals surface area contributed by atoms with Gasteiger partial charge in [-0.1, -0.05) is 12.1 Å². The molecule has 2 aromatic rings. The molecule has 0 aliphatic carbocycles. The second-order valence-corrected chi connectivity index (χ2v) is 7.07. The van der Waals surface area contributed by atoms with E-state index in [1.807, 2.05) is 0 Å². The molecule has 1 heterocycles. The van der Waals surface area contributed by atoms with Crippen LogP contribution >= 0.6 is 0 Å². The van der Waals surface area contributed by atoms with Gasteiger partial charge in [0.2, 0.25) is 17.9 Å². The molecule has 0 radical (unpaired) electrons. The van der Waals surface area contributed by atoms with E-state index in [4.69, 9.17) is 18.9 Å². The Hall–Kier alpha value is -3.02. The van der Waals surface area contributed by atoms with Gasteiger partial charge < -0.3 is 39.4 Å². The zero-order valence-corrected chi connectivity index (χ0v) is 17.4. The van der Waals surface area contributed by atoms with Crippen LogP contribution in [0.3, 0.4) is 0 Å². The van der Waals surface area contributed by atoms with Gasteiger partial charge >= 0.3 is 0 Å². The van der Waals surface area contributed by atoms with E-state index in [0.29, 0.717) is 5.75 Å². The lowest BCUT2D eigenvalue weighted by atomic mass is 9.99. The maximum absolute atomic E-state index is 12.8. The van der Waals surface area contributed by atoms with E-state index in [2.05, 4.69) is 0 Å². The maximum atomic E-state index is 12.8. The molecule has 172 valence electrons. The molecule has 0 saturated carbocycles. The number of rotatable bonds is 8. The Kier molecular flexibility index (Phi) is 7.44. The normalized spacial score (nSPS) is 25.1. The molecule has 1 aliphatic heterocycles. The van der Waals surface area contributed by atoms with E-state index >= 15 is 0 Å². The summed E-state index contributed by atoms with van der Waals surface area (Å²) in [6.07, 6.45) is -7.51. The van der Waals surface area contributed by atoms with Crippen molar-refractivity contribution in [1.29, 1.82) is 0 Å². The summed E-state index contributed by atoms with van der Waals surface area (Å²) in [4.78, 5) is 25.4. The van der Waals surface area contributed by atoms with Crippen LogP contribution in [0, 0.1) is 0 Å². The quantitative estimate of drug-likeness (QED) is 0.319. The van der Waals surface area contributed by atoms with Crippen LogP contribution in [0.25, 0.3) is 0 Å². The van der Waals surface area contributed by atoms with Crippen molar-refractivity contribution in [1.82, 2.24) is 0 Å². The summed E-state index contributed by atoms with van der Waals surface area (Å²) >= 11 is 0. The third kappa shape index (κ3) is 4.74. The zero-order chi connectivity index (χ0) is 23.4. The maximum Gasteiger partial charge on any atom is 0.233 e. The minimum atomic E-state index is -1.66. The van der Waals surface area contributed by atoms with Gasteiger partial charge in [-0.25, -0.2) is 0 Å². The number of Topliss-reactive ketones (excluding diaryl/α,β-unsaturated/α-hetero) is 2. The van der Waals surface area contributed by atoms with Crippen molar-refractivity contribution in [3.05, 3.63) is 53.6 Å². The van der Waals surface area contributed by atoms with Crippen molar-refractivity contribution in [3.63, 3.8) is 0 Å². The first-order chi connectivity index (χ1) is 15.3. The van der Waals surface area contributed by atoms with Crippen molar-refractivity contribution >= 4 is 11.6 Å². The molecule has 5 atom stereocenters. The lowest BCUT2D eigenvalue weighted by Gasteiger charge is -2.39. The fourth-order valence-corrected chi connectivity index (χ4v) is 3.23. The van der Waals surface area contributed by atoms with Gasteiger partial charge in [-0.15, -0.1) is 0 Å². The van der Waals surface area contributed by atoms with Gasteiger partial charge in [0.15, 0.2) is 11.5 Å². The monoisotopic (exact) mass is 448 g/mol. The van der Waals surface area contributed by atoms with Crippen LogP contribution in [0.2, 0.25) is 0 Å². The second-order valence-electron chi connectivity index (χ2n) is 7.07. The minimum absolute atomic E-state index is 0.0155. The first kappa shape index (κ1) is 23.6. The molecule has 32 heavy (non-hydrogen) atoms. The van der Waals surface area contributed by atoms with E-state index in [1.54, 1.807) is 12.1 Å². The zero-order valence-electron chi connectivity index (χ0n) is 17.4. The Morgan fingerprint density at radius 3 is 2.19 bits per heavy atom. The minimum Gasteiger partial charge on any atom is -0.497 e. The van der Waals surface area contributed by atoms with Crippen molar-refractivity contribution in [2.75, 3.05) is 20.8 Å². The van der Waals surface area contributed by atoms with Crippen LogP contribution in [0.4, 0.5) is 0 Å². The van der Waals surface area contributed by atoms with Crippen molar-refractivity contribution in [2.24, 2.45) is 0 Å². The second kappa shape index (κ2) is 10.1. The van der Waals surface area contributed by atoms with Crippen molar-refractivity contribution in [2.45, 2.75) is 30.7 Å². The number of aliphatic hydroxyl groups excluding tert-OH is 4. The van der Waals surface area contributed by atoms with Crippen LogP contribution in [0.1, 0.15) is 20.7 Å². The van der Waals surface area contributed by atoms with Crippen LogP contribution in [-0.4, -0.2) is 83.5 Å². The molecule has 10 heteroatoms. The summed E-state index contributed by atoms with van der Waals surface area (Å²) in [6, 6.07) is 10.2. The standard InChI is InChI=1S/C22H24O10/c1-29-13-5-3-4-11(8-13)17(24)18(25)12-6-7-14(30-2)15(9-12)31-22-21(28)20(27)19(26)16(10-23)32-22/h3-9,16,19-23,26-28H,10H2,1-2H3/t16-,19-,20+,21-,22-/m1/s1. The van der Waals surface area contributed by atoms with Gasteiger partial charge in [0.1, 0.15) is 30.2 Å². The summed E-state index contributed by atoms with van der Waals surface area (Å²) < 4.78 is 21.2. The van der Waals surface area contributed by atoms with Gasteiger partial charge in [0.25, 0.3) is 0 Å². The number of ketones is 2. The highest BCUT2D eigenvalue weighted by atomic mass is 16.7. The average molecular weight is 448 g/mol. The van der Waals surface area contributed by atoms with Crippen LogP contribution in [0.15, 0.2) is 42.5 Å². The molecule has 3 rings (SSSR count). The summed E-state index contributed by atoms with van der Waals surface area (Å²) in [6.45, 7) is -0.629. The van der Waals surface area contributed by atoms with E-state index < -0.39 is 48.9 Å². The number of carbonyl (C=O) groups excluding carboxylic acids is 2. The van der Waals surface area contributed by atoms with E-state index in [9.17, 15) is 30.0 Å². The number of benzene rings is 2. The summed E-state index contributed by atoms with van der Waals surface area (Å²) in [5.74, 6) is -1.06. The number of ether oxygens (including phenoxy) is 4. The Labute approximate surface area is 183 Å². The van der Waals surface area contributed by atoms with Gasteiger partial charge in [-0.3, -0.25) is 9.59 Å². The molecule has 10 nitrogen and oxygen atoms in total. The van der Waals surface area contributed by atoms with Crippen LogP contribution < -0.4 is 14.2 Å². The van der Waals surface area contributed by atoms with E-state index in [1.165, 1.54) is 44.6 Å². The molecule has 4 N–H and O–H groups in total. The largest absolute Gasteiger partial charge is 0.497 e. The number of hydrogen-bond acceptors (Lipinski definition) is 10. The number of aliphatic hydroxyl groups is 4. The Bertz CT molecular complexity index is 973. The Morgan fingerprint density at radius 2 is 1.56 bits per heavy atom. The Balaban J connectivity index is 1.86. The van der Waals surface area contributed by atoms with Gasteiger partial charge in [0, 0.05) is 11.1 Å². The topological polar surface area (TPSA) is 152 Å². The van der Waals surface area contributed by atoms with Crippen molar-refractivity contribution in [3.8, 4) is 17.2 Å². The highest BCUT2D eigenvalue weighted by molar-refractivity contribution is 6.49. The fourth-order valence-electron chi connectivity index (χ4n) is 3.23. The summed E-state index contributed by atoms with van der Waals surface area (Å²) in [5.41, 5.74) is 0.125. The van der Waals surface area contributed by atoms with Gasteiger partial charge in [-0.2, -0.15) is 0 Å². The molecule has 0 unspecified atom stereocenters. The molecule has 1 saturated heterocycles. The van der Waals surface area contributed by atoms with Gasteiger partial charge in [-0.05, 0) is 30.3 Å². The average Bonchev–Trinajstić information content (AvgIpc) is 2.83. The summed E-state index contributed by atoms with van der Waals surface area (Å²) in [5, 5.41) is 39.4. The lowest BCUT2D eigenvalue weighted by Crippen LogP contribution is -2.60. The Morgan fingerprint density at radius 1 is 0.875 bits per heavy atom. The first-order valence-electron chi connectivity index (χ1n) is 9.69. The first-order valence-corrected chi connectivity index (χ1v) is 9.69. The molecule has 1 fully saturated rings. The smallest absolute Gasteiger partial charge is 0.233 e. The molecule has 0 spiro atoms. The highest BCUT2D eigenvalue weighted by Gasteiger charge is 2.45. The molecule has 0 amide bonds. The van der Waals surface area contributed by atoms with Crippen molar-refractivity contribution < 1.29 is 49.0 Å². The third-order valence-corrected chi connectivity index (χ3v) is 5.06. The van der Waals surface area contributed by atoms with Crippen LogP contribution in [-0.2, 0) is 4.74 Å². The number of hydrogen-bond donors (Lipinski definition) is 4. The van der Waals surface area contributed by atoms with E-state index in [-0.39, 0.29) is 22.6 Å². The number of methoxy groups -OCH3 is 2. The lowest BCUT2D eigenvalue weighted by molar-refractivity contribution is -0.277. The molecule has 2 aromatic carbocycles. The molecular formula is C22H24O10. The fraction of sp³-hybridized carbons (Fsp3) is 0.364. The highest BCUT2D eigenvalue weighted by Crippen LogP contribution is 2.32. The SMILES string of the molecule is COc1cccc(C(=O)C(=O)c2ccc(OC)c(O[C@@H]3O[C@H](CO)[C@@H](O)[C@H](O)[C@H]3O)c2)c1. The molecule has 0 bridgehead atoms. The number of carbonyl (C=O) groups is 2. The van der Waals surface area contributed by atoms with E-state index in [0.717, 1.165) is 0 Å².